The lowest BCUT2D eigenvalue weighted by Crippen LogP contribution is -2.37. The molecule has 4 aromatic rings. The first-order valence-corrected chi connectivity index (χ1v) is 15.1. The molecule has 1 aliphatic rings. The number of fused-ring (bicyclic) bond motifs is 1. The number of carbonyl (C=O) groups excluding carboxylic acids is 2. The number of aromatic nitrogens is 6. The monoisotopic (exact) mass is 615 g/mol. The Morgan fingerprint density at radius 3 is 2.53 bits per heavy atom. The molecule has 1 aliphatic heterocycles. The molecule has 3 aromatic heterocycles. The fourth-order valence-electron chi connectivity index (χ4n) is 4.83. The van der Waals surface area contributed by atoms with Gasteiger partial charge in [0.2, 0.25) is 11.8 Å². The Bertz CT molecular complexity index is 1680. The van der Waals surface area contributed by atoms with E-state index in [1.807, 2.05) is 76.7 Å². The molecule has 0 saturated heterocycles. The van der Waals surface area contributed by atoms with Crippen molar-refractivity contribution in [1.29, 1.82) is 0 Å². The average Bonchev–Trinajstić information content (AvgIpc) is 3.61. The highest BCUT2D eigenvalue weighted by Gasteiger charge is 2.31. The van der Waals surface area contributed by atoms with Crippen LogP contribution in [-0.4, -0.2) is 59.0 Å². The number of nitrogens with one attached hydrogen (secondary N) is 2. The molecule has 0 spiro atoms. The Labute approximate surface area is 262 Å². The normalized spacial score (nSPS) is 15.4. The molecule has 45 heavy (non-hydrogen) atoms. The number of nitrogens with zero attached hydrogens (tertiary/aromatic N) is 7. The Kier molecular flexibility index (Phi) is 8.63. The van der Waals surface area contributed by atoms with Gasteiger partial charge in [0.15, 0.2) is 0 Å². The summed E-state index contributed by atoms with van der Waals surface area (Å²) in [6.07, 6.45) is 5.36. The van der Waals surface area contributed by atoms with Gasteiger partial charge < -0.3 is 24.7 Å². The molecule has 0 saturated carbocycles. The molecule has 13 heteroatoms. The van der Waals surface area contributed by atoms with Gasteiger partial charge in [-0.05, 0) is 64.3 Å². The van der Waals surface area contributed by atoms with E-state index in [1.54, 1.807) is 17.3 Å². The Morgan fingerprint density at radius 1 is 1.09 bits per heavy atom. The maximum atomic E-state index is 13.3. The fourth-order valence-corrected chi connectivity index (χ4v) is 4.83. The minimum Gasteiger partial charge on any atom is -0.444 e. The van der Waals surface area contributed by atoms with Gasteiger partial charge in [-0.2, -0.15) is 5.10 Å². The summed E-state index contributed by atoms with van der Waals surface area (Å²) in [7, 11) is 0. The van der Waals surface area contributed by atoms with Gasteiger partial charge in [0, 0.05) is 42.5 Å². The molecular formula is C32H41N9O4. The quantitative estimate of drug-likeness (QED) is 0.266. The van der Waals surface area contributed by atoms with Crippen molar-refractivity contribution < 1.29 is 18.7 Å². The van der Waals surface area contributed by atoms with E-state index in [9.17, 15) is 9.59 Å². The van der Waals surface area contributed by atoms with Gasteiger partial charge in [0.25, 0.3) is 0 Å². The summed E-state index contributed by atoms with van der Waals surface area (Å²) >= 11 is 0. The molecule has 4 heterocycles. The number of amides is 2. The maximum absolute atomic E-state index is 13.3. The molecule has 2 amide bonds. The molecule has 2 N–H and O–H groups in total. The SMILES string of the molecule is CC(C)n1cc(Nc2nccc(-c3ccc4c(c3)CN(C(=O)OC(C)(C)C)CC[C@H]4NC(=O)c3nnc(C(C)(C)C)o3)n2)cn1. The number of hydrogen-bond acceptors (Lipinski definition) is 10. The second-order valence-electron chi connectivity index (χ2n) is 13.5. The van der Waals surface area contributed by atoms with Gasteiger partial charge in [-0.3, -0.25) is 9.48 Å². The summed E-state index contributed by atoms with van der Waals surface area (Å²) in [6.45, 7) is 16.1. The van der Waals surface area contributed by atoms with Crippen LogP contribution in [0.5, 0.6) is 0 Å². The van der Waals surface area contributed by atoms with Crippen LogP contribution in [0.2, 0.25) is 0 Å². The van der Waals surface area contributed by atoms with E-state index in [1.165, 1.54) is 0 Å². The van der Waals surface area contributed by atoms with E-state index in [0.29, 0.717) is 37.0 Å². The highest BCUT2D eigenvalue weighted by Crippen LogP contribution is 2.32. The zero-order valence-corrected chi connectivity index (χ0v) is 27.1. The topological polar surface area (TPSA) is 153 Å². The standard InChI is InChI=1S/C32H41N9O4/c1-19(2)41-18-22(16-34-41)35-29-33-13-11-24(37-29)20-9-10-23-21(15-20)17-40(30(43)45-32(6,7)8)14-12-25(23)36-26(42)27-38-39-28(44-27)31(3,4)5/h9-11,13,15-16,18-19,25H,12,14,17H2,1-8H3,(H,36,42)(H,33,35,37)/t25-/m1/s1. The number of anilines is 2. The lowest BCUT2D eigenvalue weighted by atomic mass is 9.96. The van der Waals surface area contributed by atoms with Crippen LogP contribution in [0.3, 0.4) is 0 Å². The van der Waals surface area contributed by atoms with Crippen LogP contribution in [0.1, 0.15) is 102 Å². The van der Waals surface area contributed by atoms with Gasteiger partial charge in [-0.1, -0.05) is 32.9 Å². The molecule has 0 aliphatic carbocycles. The molecule has 0 bridgehead atoms. The summed E-state index contributed by atoms with van der Waals surface area (Å²) in [5.41, 5.74) is 3.00. The summed E-state index contributed by atoms with van der Waals surface area (Å²) in [5, 5.41) is 18.7. The zero-order chi connectivity index (χ0) is 32.5. The lowest BCUT2D eigenvalue weighted by Gasteiger charge is -2.26. The van der Waals surface area contributed by atoms with E-state index >= 15 is 0 Å². The van der Waals surface area contributed by atoms with E-state index in [4.69, 9.17) is 14.1 Å². The van der Waals surface area contributed by atoms with Crippen molar-refractivity contribution in [3.63, 3.8) is 0 Å². The van der Waals surface area contributed by atoms with E-state index in [2.05, 4.69) is 44.8 Å². The number of hydrogen-bond donors (Lipinski definition) is 2. The Balaban J connectivity index is 1.44. The maximum Gasteiger partial charge on any atom is 0.410 e. The van der Waals surface area contributed by atoms with Gasteiger partial charge in [0.05, 0.1) is 23.6 Å². The predicted molar refractivity (Wildman–Crippen MR) is 168 cm³/mol. The molecule has 0 radical (unpaired) electrons. The zero-order valence-electron chi connectivity index (χ0n) is 27.1. The third kappa shape index (κ3) is 7.65. The molecule has 1 atom stereocenters. The second kappa shape index (κ2) is 12.3. The predicted octanol–water partition coefficient (Wildman–Crippen LogP) is 5.96. The van der Waals surface area contributed by atoms with Crippen molar-refractivity contribution in [2.75, 3.05) is 11.9 Å². The number of carbonyl (C=O) groups is 2. The third-order valence-electron chi connectivity index (χ3n) is 7.12. The van der Waals surface area contributed by atoms with Crippen molar-refractivity contribution in [2.45, 2.75) is 91.5 Å². The number of rotatable bonds is 6. The van der Waals surface area contributed by atoms with Crippen molar-refractivity contribution in [1.82, 2.24) is 40.2 Å². The van der Waals surface area contributed by atoms with Crippen LogP contribution in [0.4, 0.5) is 16.4 Å². The lowest BCUT2D eigenvalue weighted by molar-refractivity contribution is 0.0234. The summed E-state index contributed by atoms with van der Waals surface area (Å²) in [4.78, 5) is 37.2. The smallest absolute Gasteiger partial charge is 0.410 e. The number of benzene rings is 1. The first-order chi connectivity index (χ1) is 21.2. The van der Waals surface area contributed by atoms with Crippen molar-refractivity contribution in [3.8, 4) is 11.3 Å². The molecular weight excluding hydrogens is 574 g/mol. The molecule has 5 rings (SSSR count). The Morgan fingerprint density at radius 2 is 1.87 bits per heavy atom. The molecule has 13 nitrogen and oxygen atoms in total. The van der Waals surface area contributed by atoms with E-state index < -0.39 is 29.1 Å². The van der Waals surface area contributed by atoms with Gasteiger partial charge in [-0.15, -0.1) is 10.2 Å². The second-order valence-corrected chi connectivity index (χ2v) is 13.5. The minimum atomic E-state index is -0.652. The van der Waals surface area contributed by atoms with Crippen LogP contribution in [0.25, 0.3) is 11.3 Å². The molecule has 0 unspecified atom stereocenters. The molecule has 1 aromatic carbocycles. The van der Waals surface area contributed by atoms with Crippen molar-refractivity contribution >= 4 is 23.6 Å². The van der Waals surface area contributed by atoms with Crippen LogP contribution in [-0.2, 0) is 16.7 Å². The van der Waals surface area contributed by atoms with Crippen LogP contribution in [0.15, 0.2) is 47.3 Å². The van der Waals surface area contributed by atoms with Crippen molar-refractivity contribution in [2.24, 2.45) is 0 Å². The largest absolute Gasteiger partial charge is 0.444 e. The first kappa shape index (κ1) is 31.6. The third-order valence-corrected chi connectivity index (χ3v) is 7.12. The van der Waals surface area contributed by atoms with Gasteiger partial charge in [0.1, 0.15) is 5.60 Å². The fraction of sp³-hybridized carbons (Fsp3) is 0.469. The first-order valence-electron chi connectivity index (χ1n) is 15.1. The molecule has 0 fully saturated rings. The van der Waals surface area contributed by atoms with Crippen LogP contribution >= 0.6 is 0 Å². The van der Waals surface area contributed by atoms with Crippen molar-refractivity contribution in [3.05, 3.63) is 65.8 Å². The highest BCUT2D eigenvalue weighted by molar-refractivity contribution is 5.89. The van der Waals surface area contributed by atoms with E-state index in [0.717, 1.165) is 22.4 Å². The van der Waals surface area contributed by atoms with Crippen LogP contribution in [0, 0.1) is 0 Å². The van der Waals surface area contributed by atoms with Gasteiger partial charge in [-0.25, -0.2) is 14.8 Å². The number of ether oxygens (including phenoxy) is 1. The Hall–Kier alpha value is -4.81. The summed E-state index contributed by atoms with van der Waals surface area (Å²) in [5.74, 6) is 0.227. The van der Waals surface area contributed by atoms with E-state index in [-0.39, 0.29) is 11.9 Å². The summed E-state index contributed by atoms with van der Waals surface area (Å²) in [6, 6.07) is 7.55. The highest BCUT2D eigenvalue weighted by atomic mass is 16.6. The minimum absolute atomic E-state index is 0.105. The van der Waals surface area contributed by atoms with Gasteiger partial charge >= 0.3 is 17.9 Å². The molecule has 238 valence electrons. The summed E-state index contributed by atoms with van der Waals surface area (Å²) < 4.78 is 13.2. The average molecular weight is 616 g/mol. The van der Waals surface area contributed by atoms with Crippen LogP contribution < -0.4 is 10.6 Å².